The van der Waals surface area contributed by atoms with Gasteiger partial charge in [-0.1, -0.05) is 18.2 Å². The summed E-state index contributed by atoms with van der Waals surface area (Å²) >= 11 is 0. The van der Waals surface area contributed by atoms with Crippen LogP contribution in [0.5, 0.6) is 5.75 Å². The summed E-state index contributed by atoms with van der Waals surface area (Å²) in [6.45, 7) is -1.02. The number of nitrogens with two attached hydrogens (primary N) is 1. The summed E-state index contributed by atoms with van der Waals surface area (Å²) in [6, 6.07) is 6.54. The van der Waals surface area contributed by atoms with Crippen LogP contribution in [0, 0.1) is 0 Å². The number of carbonyl (C=O) groups excluding carboxylic acids is 2. The van der Waals surface area contributed by atoms with Crippen LogP contribution in [0.25, 0.3) is 0 Å². The maximum atomic E-state index is 11.9. The number of aryl methyl sites for hydroxylation is 1. The summed E-state index contributed by atoms with van der Waals surface area (Å²) in [7, 11) is 0. The van der Waals surface area contributed by atoms with Gasteiger partial charge in [0.15, 0.2) is 0 Å². The molecule has 0 radical (unpaired) electrons. The first-order valence-corrected chi connectivity index (χ1v) is 5.95. The summed E-state index contributed by atoms with van der Waals surface area (Å²) in [5.41, 5.74) is 5.55. The molecule has 0 aliphatic rings. The lowest BCUT2D eigenvalue weighted by Crippen LogP contribution is -2.41. The van der Waals surface area contributed by atoms with Crippen molar-refractivity contribution in [1.29, 1.82) is 0 Å². The molecular weight excluding hydrogens is 264 g/mol. The zero-order valence-corrected chi connectivity index (χ0v) is 10.8. The molecule has 1 rings (SSSR count). The fourth-order valence-electron chi connectivity index (χ4n) is 1.71. The number of primary amides is 1. The van der Waals surface area contributed by atoms with Crippen molar-refractivity contribution in [1.82, 2.24) is 4.90 Å². The van der Waals surface area contributed by atoms with E-state index in [1.54, 1.807) is 18.2 Å². The minimum atomic E-state index is -1.22. The molecule has 7 nitrogen and oxygen atoms in total. The van der Waals surface area contributed by atoms with E-state index in [2.05, 4.69) is 0 Å². The lowest BCUT2D eigenvalue weighted by molar-refractivity contribution is -0.145. The molecule has 0 saturated heterocycles. The van der Waals surface area contributed by atoms with E-state index in [4.69, 9.17) is 10.8 Å². The molecule has 0 atom stereocenters. The molecule has 0 aliphatic carbocycles. The van der Waals surface area contributed by atoms with Gasteiger partial charge in [0.05, 0.1) is 6.54 Å². The quantitative estimate of drug-likeness (QED) is 0.634. The fourth-order valence-corrected chi connectivity index (χ4v) is 1.71. The van der Waals surface area contributed by atoms with Crippen LogP contribution in [-0.4, -0.2) is 46.0 Å². The van der Waals surface area contributed by atoms with Crippen molar-refractivity contribution in [2.75, 3.05) is 13.1 Å². The summed E-state index contributed by atoms with van der Waals surface area (Å²) in [6.07, 6.45) is 0.235. The molecule has 4 N–H and O–H groups in total. The Morgan fingerprint density at radius 1 is 1.15 bits per heavy atom. The highest BCUT2D eigenvalue weighted by atomic mass is 16.4. The summed E-state index contributed by atoms with van der Waals surface area (Å²) in [5, 5.41) is 18.2. The van der Waals surface area contributed by atoms with Gasteiger partial charge in [-0.25, -0.2) is 0 Å². The molecule has 20 heavy (non-hydrogen) atoms. The SMILES string of the molecule is NC(=O)CN(CC(=O)O)C(=O)CCc1ccccc1O. The van der Waals surface area contributed by atoms with Gasteiger partial charge in [0.2, 0.25) is 11.8 Å². The maximum Gasteiger partial charge on any atom is 0.323 e. The predicted octanol–water partition coefficient (Wildman–Crippen LogP) is -0.277. The van der Waals surface area contributed by atoms with Crippen molar-refractivity contribution in [3.05, 3.63) is 29.8 Å². The highest BCUT2D eigenvalue weighted by Gasteiger charge is 2.18. The number of benzene rings is 1. The molecule has 0 aliphatic heterocycles. The average molecular weight is 280 g/mol. The minimum Gasteiger partial charge on any atom is -0.508 e. The van der Waals surface area contributed by atoms with Crippen LogP contribution in [0.3, 0.4) is 0 Å². The highest BCUT2D eigenvalue weighted by Crippen LogP contribution is 2.17. The summed E-state index contributed by atoms with van der Waals surface area (Å²) in [5.74, 6) is -2.43. The molecular formula is C13H16N2O5. The summed E-state index contributed by atoms with van der Waals surface area (Å²) < 4.78 is 0. The molecule has 1 aromatic rings. The van der Waals surface area contributed by atoms with Gasteiger partial charge in [-0.05, 0) is 18.1 Å². The van der Waals surface area contributed by atoms with E-state index in [1.807, 2.05) is 0 Å². The molecule has 7 heteroatoms. The number of carboxylic acid groups (broad SMARTS) is 1. The highest BCUT2D eigenvalue weighted by molar-refractivity contribution is 5.86. The monoisotopic (exact) mass is 280 g/mol. The number of hydrogen-bond acceptors (Lipinski definition) is 4. The van der Waals surface area contributed by atoms with Crippen molar-refractivity contribution in [2.24, 2.45) is 5.73 Å². The second-order valence-corrected chi connectivity index (χ2v) is 4.24. The summed E-state index contributed by atoms with van der Waals surface area (Å²) in [4.78, 5) is 34.2. The maximum absolute atomic E-state index is 11.9. The zero-order valence-electron chi connectivity index (χ0n) is 10.8. The van der Waals surface area contributed by atoms with Gasteiger partial charge in [0.1, 0.15) is 12.3 Å². The topological polar surface area (TPSA) is 121 Å². The Labute approximate surface area is 115 Å². The van der Waals surface area contributed by atoms with E-state index in [1.165, 1.54) is 6.07 Å². The van der Waals surface area contributed by atoms with Crippen LogP contribution < -0.4 is 5.73 Å². The Kier molecular flexibility index (Phi) is 5.52. The van der Waals surface area contributed by atoms with Gasteiger partial charge in [-0.2, -0.15) is 0 Å². The van der Waals surface area contributed by atoms with Gasteiger partial charge in [0.25, 0.3) is 0 Å². The number of rotatable bonds is 7. The minimum absolute atomic E-state index is 0.0157. The van der Waals surface area contributed by atoms with Crippen molar-refractivity contribution < 1.29 is 24.6 Å². The van der Waals surface area contributed by atoms with Crippen LogP contribution in [0.4, 0.5) is 0 Å². The second-order valence-electron chi connectivity index (χ2n) is 4.24. The van der Waals surface area contributed by atoms with E-state index in [0.29, 0.717) is 5.56 Å². The third-order valence-electron chi connectivity index (χ3n) is 2.63. The number of carbonyl (C=O) groups is 3. The molecule has 1 aromatic carbocycles. The van der Waals surface area contributed by atoms with Crippen LogP contribution in [0.2, 0.25) is 0 Å². The number of nitrogens with zero attached hydrogens (tertiary/aromatic N) is 1. The Morgan fingerprint density at radius 3 is 2.35 bits per heavy atom. The van der Waals surface area contributed by atoms with Crippen molar-refractivity contribution >= 4 is 17.8 Å². The van der Waals surface area contributed by atoms with Crippen LogP contribution in [0.15, 0.2) is 24.3 Å². The van der Waals surface area contributed by atoms with Crippen LogP contribution in [-0.2, 0) is 20.8 Å². The molecule has 0 bridgehead atoms. The van der Waals surface area contributed by atoms with Crippen molar-refractivity contribution in [3.63, 3.8) is 0 Å². The Hall–Kier alpha value is -2.57. The first kappa shape index (κ1) is 15.5. The number of phenols is 1. The number of carboxylic acids is 1. The third kappa shape index (κ3) is 4.97. The van der Waals surface area contributed by atoms with Gasteiger partial charge in [-0.15, -0.1) is 0 Å². The molecule has 0 unspecified atom stereocenters. The van der Waals surface area contributed by atoms with Gasteiger partial charge >= 0.3 is 5.97 Å². The van der Waals surface area contributed by atoms with E-state index >= 15 is 0 Å². The first-order chi connectivity index (χ1) is 9.40. The van der Waals surface area contributed by atoms with E-state index in [0.717, 1.165) is 4.90 Å². The van der Waals surface area contributed by atoms with Gasteiger partial charge < -0.3 is 20.8 Å². The molecule has 2 amide bonds. The molecule has 0 spiro atoms. The third-order valence-corrected chi connectivity index (χ3v) is 2.63. The Bertz CT molecular complexity index is 499. The standard InChI is InChI=1S/C13H16N2O5/c14-11(17)7-15(8-13(19)20)12(18)6-5-9-3-1-2-4-10(9)16/h1-4,16H,5-8H2,(H2,14,17)(H,19,20). The second kappa shape index (κ2) is 7.13. The number of para-hydroxylation sites is 1. The number of hydrogen-bond donors (Lipinski definition) is 3. The van der Waals surface area contributed by atoms with E-state index < -0.39 is 30.9 Å². The molecule has 0 heterocycles. The molecule has 0 aromatic heterocycles. The number of aliphatic carboxylic acids is 1. The fraction of sp³-hybridized carbons (Fsp3) is 0.308. The zero-order chi connectivity index (χ0) is 15.1. The van der Waals surface area contributed by atoms with E-state index in [9.17, 15) is 19.5 Å². The van der Waals surface area contributed by atoms with Crippen LogP contribution in [0.1, 0.15) is 12.0 Å². The van der Waals surface area contributed by atoms with Crippen molar-refractivity contribution in [3.8, 4) is 5.75 Å². The Balaban J connectivity index is 2.64. The normalized spacial score (nSPS) is 10.0. The average Bonchev–Trinajstić information content (AvgIpc) is 2.35. The van der Waals surface area contributed by atoms with Gasteiger partial charge in [-0.3, -0.25) is 14.4 Å². The lowest BCUT2D eigenvalue weighted by atomic mass is 10.1. The first-order valence-electron chi connectivity index (χ1n) is 5.95. The van der Waals surface area contributed by atoms with E-state index in [-0.39, 0.29) is 18.6 Å². The predicted molar refractivity (Wildman–Crippen MR) is 69.8 cm³/mol. The largest absolute Gasteiger partial charge is 0.508 e. The molecule has 108 valence electrons. The Morgan fingerprint density at radius 2 is 1.80 bits per heavy atom. The molecule has 0 saturated carbocycles. The van der Waals surface area contributed by atoms with Crippen LogP contribution >= 0.6 is 0 Å². The number of amides is 2. The smallest absolute Gasteiger partial charge is 0.323 e. The van der Waals surface area contributed by atoms with Crippen molar-refractivity contribution in [2.45, 2.75) is 12.8 Å². The van der Waals surface area contributed by atoms with Gasteiger partial charge in [0, 0.05) is 6.42 Å². The lowest BCUT2D eigenvalue weighted by Gasteiger charge is -2.18. The number of phenolic OH excluding ortho intramolecular Hbond substituents is 1. The number of aromatic hydroxyl groups is 1. The molecule has 0 fully saturated rings.